The number of nitrogens with one attached hydrogen (secondary N) is 2. The Morgan fingerprint density at radius 3 is 2.83 bits per heavy atom. The highest BCUT2D eigenvalue weighted by Gasteiger charge is 2.27. The normalized spacial score (nSPS) is 19.4. The van der Waals surface area contributed by atoms with Gasteiger partial charge in [0.15, 0.2) is 11.5 Å². The summed E-state index contributed by atoms with van der Waals surface area (Å²) in [6, 6.07) is 4.43. The van der Waals surface area contributed by atoms with E-state index in [1.165, 1.54) is 30.0 Å². The van der Waals surface area contributed by atoms with E-state index in [4.69, 9.17) is 4.74 Å². The zero-order valence-corrected chi connectivity index (χ0v) is 17.0. The fourth-order valence-electron chi connectivity index (χ4n) is 3.50. The number of anilines is 1. The Labute approximate surface area is 172 Å². The van der Waals surface area contributed by atoms with E-state index in [0.717, 1.165) is 0 Å². The molecule has 0 saturated carbocycles. The van der Waals surface area contributed by atoms with E-state index < -0.39 is 17.6 Å². The molecule has 2 atom stereocenters. The van der Waals surface area contributed by atoms with Gasteiger partial charge in [0.05, 0.1) is 13.3 Å². The van der Waals surface area contributed by atoms with Crippen LogP contribution in [0.5, 0.6) is 5.75 Å². The van der Waals surface area contributed by atoms with E-state index in [1.807, 2.05) is 0 Å². The van der Waals surface area contributed by atoms with Crippen molar-refractivity contribution in [1.82, 2.24) is 24.9 Å². The van der Waals surface area contributed by atoms with Crippen molar-refractivity contribution < 1.29 is 18.6 Å². The molecule has 8 nitrogen and oxygen atoms in total. The Kier molecular flexibility index (Phi) is 5.29. The van der Waals surface area contributed by atoms with Gasteiger partial charge in [-0.3, -0.25) is 0 Å². The molecule has 3 aromatic rings. The second-order valence-corrected chi connectivity index (χ2v) is 7.88. The van der Waals surface area contributed by atoms with E-state index in [9.17, 15) is 13.9 Å². The number of aromatic nitrogens is 4. The maximum absolute atomic E-state index is 14.6. The molecule has 0 amide bonds. The summed E-state index contributed by atoms with van der Waals surface area (Å²) in [5, 5.41) is 21.0. The maximum atomic E-state index is 14.6. The highest BCUT2D eigenvalue weighted by Crippen LogP contribution is 2.31. The molecule has 3 aromatic heterocycles. The molecule has 1 fully saturated rings. The van der Waals surface area contributed by atoms with E-state index in [0.29, 0.717) is 42.5 Å². The molecule has 0 spiro atoms. The largest absolute Gasteiger partial charge is 0.495 e. The first-order valence-electron chi connectivity index (χ1n) is 9.69. The average molecular weight is 418 g/mol. The molecule has 0 bridgehead atoms. The molecule has 1 aliphatic rings. The van der Waals surface area contributed by atoms with Gasteiger partial charge in [0, 0.05) is 31.6 Å². The lowest BCUT2D eigenvalue weighted by Crippen LogP contribution is -2.23. The average Bonchev–Trinajstić information content (AvgIpc) is 3.31. The number of methoxy groups -OCH3 is 1. The summed E-state index contributed by atoms with van der Waals surface area (Å²) in [5.41, 5.74) is -0.200. The monoisotopic (exact) mass is 418 g/mol. The standard InChI is InChI=1S/C20H24F2N6O2/c1-20(2,29)19-15(30-3)6-17-25-10-14(28(17)27-19)18-12(21)4-5-16(26-18)24-8-11-7-23-9-13(11)22/h4-6,10-11,13,23,29H,7-9H2,1-3H3,(H,24,26)/t11-,13+/m1/s1. The van der Waals surface area contributed by atoms with Crippen LogP contribution in [0.1, 0.15) is 19.5 Å². The molecule has 0 aliphatic carbocycles. The number of nitrogens with zero attached hydrogens (tertiary/aromatic N) is 4. The Balaban J connectivity index is 1.71. The summed E-state index contributed by atoms with van der Waals surface area (Å²) in [4.78, 5) is 8.63. The van der Waals surface area contributed by atoms with E-state index >= 15 is 0 Å². The molecule has 10 heteroatoms. The van der Waals surface area contributed by atoms with Gasteiger partial charge in [-0.05, 0) is 26.0 Å². The van der Waals surface area contributed by atoms with Gasteiger partial charge in [-0.1, -0.05) is 0 Å². The minimum atomic E-state index is -1.28. The number of rotatable bonds is 6. The quantitative estimate of drug-likeness (QED) is 0.564. The minimum Gasteiger partial charge on any atom is -0.495 e. The highest BCUT2D eigenvalue weighted by molar-refractivity contribution is 5.63. The zero-order chi connectivity index (χ0) is 21.5. The number of hydrogen-bond donors (Lipinski definition) is 3. The van der Waals surface area contributed by atoms with Crippen LogP contribution in [0.25, 0.3) is 17.0 Å². The third-order valence-electron chi connectivity index (χ3n) is 5.15. The van der Waals surface area contributed by atoms with Crippen molar-refractivity contribution in [1.29, 1.82) is 0 Å². The first-order chi connectivity index (χ1) is 14.3. The number of pyridine rings is 1. The molecule has 0 radical (unpaired) electrons. The molecular formula is C20H24F2N6O2. The van der Waals surface area contributed by atoms with Crippen molar-refractivity contribution in [3.63, 3.8) is 0 Å². The third-order valence-corrected chi connectivity index (χ3v) is 5.15. The number of aliphatic hydroxyl groups is 1. The fraction of sp³-hybridized carbons (Fsp3) is 0.450. The number of ether oxygens (including phenoxy) is 1. The molecule has 0 unspecified atom stereocenters. The topological polar surface area (TPSA) is 96.6 Å². The molecule has 0 aromatic carbocycles. The third kappa shape index (κ3) is 3.80. The molecule has 1 saturated heterocycles. The predicted molar refractivity (Wildman–Crippen MR) is 108 cm³/mol. The Bertz CT molecular complexity index is 1070. The van der Waals surface area contributed by atoms with Crippen molar-refractivity contribution in [2.24, 2.45) is 5.92 Å². The van der Waals surface area contributed by atoms with Crippen molar-refractivity contribution in [2.45, 2.75) is 25.6 Å². The van der Waals surface area contributed by atoms with Crippen LogP contribution in [0.15, 0.2) is 24.4 Å². The number of alkyl halides is 1. The van der Waals surface area contributed by atoms with E-state index in [1.54, 1.807) is 19.9 Å². The Hall–Kier alpha value is -2.85. The molecule has 4 heterocycles. The summed E-state index contributed by atoms with van der Waals surface area (Å²) < 4.78 is 35.2. The zero-order valence-electron chi connectivity index (χ0n) is 17.0. The molecule has 1 aliphatic heterocycles. The molecule has 30 heavy (non-hydrogen) atoms. The molecule has 3 N–H and O–H groups in total. The number of halogens is 2. The predicted octanol–water partition coefficient (Wildman–Crippen LogP) is 2.14. The number of imidazole rings is 1. The Morgan fingerprint density at radius 2 is 2.17 bits per heavy atom. The van der Waals surface area contributed by atoms with Crippen LogP contribution in [-0.4, -0.2) is 57.6 Å². The lowest BCUT2D eigenvalue weighted by atomic mass is 10.0. The fourth-order valence-corrected chi connectivity index (χ4v) is 3.50. The summed E-state index contributed by atoms with van der Waals surface area (Å²) >= 11 is 0. The summed E-state index contributed by atoms with van der Waals surface area (Å²) in [5.74, 6) is 0.0916. The van der Waals surface area contributed by atoms with E-state index in [2.05, 4.69) is 25.7 Å². The van der Waals surface area contributed by atoms with Gasteiger partial charge >= 0.3 is 0 Å². The maximum Gasteiger partial charge on any atom is 0.157 e. The van der Waals surface area contributed by atoms with Crippen LogP contribution in [0.2, 0.25) is 0 Å². The molecule has 160 valence electrons. The van der Waals surface area contributed by atoms with Crippen molar-refractivity contribution in [3.05, 3.63) is 35.9 Å². The van der Waals surface area contributed by atoms with E-state index in [-0.39, 0.29) is 17.3 Å². The van der Waals surface area contributed by atoms with Gasteiger partial charge in [0.1, 0.15) is 40.4 Å². The summed E-state index contributed by atoms with van der Waals surface area (Å²) in [6.07, 6.45) is 0.541. The summed E-state index contributed by atoms with van der Waals surface area (Å²) in [7, 11) is 1.48. The van der Waals surface area contributed by atoms with Gasteiger partial charge in [0.2, 0.25) is 0 Å². The molecule has 4 rings (SSSR count). The first-order valence-corrected chi connectivity index (χ1v) is 9.69. The Morgan fingerprint density at radius 1 is 1.37 bits per heavy atom. The second-order valence-electron chi connectivity index (χ2n) is 7.88. The van der Waals surface area contributed by atoms with Gasteiger partial charge in [0.25, 0.3) is 0 Å². The highest BCUT2D eigenvalue weighted by atomic mass is 19.1. The second kappa shape index (κ2) is 7.77. The van der Waals surface area contributed by atoms with Gasteiger partial charge in [-0.2, -0.15) is 5.10 Å². The lowest BCUT2D eigenvalue weighted by Gasteiger charge is -2.19. The number of hydrogen-bond acceptors (Lipinski definition) is 7. The number of fused-ring (bicyclic) bond motifs is 1. The van der Waals surface area contributed by atoms with Crippen LogP contribution in [-0.2, 0) is 5.60 Å². The van der Waals surface area contributed by atoms with Crippen LogP contribution < -0.4 is 15.4 Å². The SMILES string of the molecule is COc1cc2ncc(-c3nc(NC[C@H]4CNC[C@@H]4F)ccc3F)n2nc1C(C)(C)O. The van der Waals surface area contributed by atoms with Crippen molar-refractivity contribution in [2.75, 3.05) is 32.1 Å². The van der Waals surface area contributed by atoms with Crippen LogP contribution in [0.4, 0.5) is 14.6 Å². The van der Waals surface area contributed by atoms with Gasteiger partial charge < -0.3 is 20.5 Å². The minimum absolute atomic E-state index is 0.0493. The van der Waals surface area contributed by atoms with Crippen molar-refractivity contribution in [3.8, 4) is 17.1 Å². The molecular weight excluding hydrogens is 394 g/mol. The first kappa shape index (κ1) is 20.4. The van der Waals surface area contributed by atoms with Gasteiger partial charge in [-0.15, -0.1) is 0 Å². The van der Waals surface area contributed by atoms with Crippen LogP contribution >= 0.6 is 0 Å². The van der Waals surface area contributed by atoms with Gasteiger partial charge in [-0.25, -0.2) is 23.3 Å². The van der Waals surface area contributed by atoms with Crippen molar-refractivity contribution >= 4 is 11.5 Å². The van der Waals surface area contributed by atoms with Crippen LogP contribution in [0, 0.1) is 11.7 Å². The summed E-state index contributed by atoms with van der Waals surface area (Å²) in [6.45, 7) is 4.48. The smallest absolute Gasteiger partial charge is 0.157 e. The lowest BCUT2D eigenvalue weighted by molar-refractivity contribution is 0.0694. The van der Waals surface area contributed by atoms with Crippen LogP contribution in [0.3, 0.4) is 0 Å².